The molecule has 10 heteroatoms. The fourth-order valence-electron chi connectivity index (χ4n) is 2.76. The number of hydrogen-bond acceptors (Lipinski definition) is 5. The van der Waals surface area contributed by atoms with Gasteiger partial charge in [0, 0.05) is 6.55 Å². The summed E-state index contributed by atoms with van der Waals surface area (Å²) in [7, 11) is -11.3. The van der Waals surface area contributed by atoms with E-state index in [2.05, 4.69) is 32.7 Å². The second-order valence-corrected chi connectivity index (χ2v) is 26.1. The summed E-state index contributed by atoms with van der Waals surface area (Å²) in [6, 6.07) is 0. The predicted molar refractivity (Wildman–Crippen MR) is 92.8 cm³/mol. The van der Waals surface area contributed by atoms with Gasteiger partial charge in [0.25, 0.3) is 0 Å². The van der Waals surface area contributed by atoms with Crippen LogP contribution < -0.4 is 0 Å². The average molecular weight is 371 g/mol. The highest BCUT2D eigenvalue weighted by Gasteiger charge is 2.55. The molecule has 1 aliphatic heterocycles. The van der Waals surface area contributed by atoms with E-state index in [0.29, 0.717) is 0 Å². The average Bonchev–Trinajstić information content (AvgIpc) is 1.84. The highest BCUT2D eigenvalue weighted by atomic mass is 28.5. The third-order valence-corrected chi connectivity index (χ3v) is 21.0. The third-order valence-electron chi connectivity index (χ3n) is 2.34. The highest BCUT2D eigenvalue weighted by molar-refractivity contribution is 6.93. The molecule has 0 N–H and O–H groups in total. The molecular weight excluding hydrogens is 341 g/mol. The standard InChI is InChI=1S/C10H30O5Si5/c1-16(2,3)11-20(10)14-18(6,7)12-17(4,5)13-19(8,9)15-20/h1-10H3. The molecule has 0 bridgehead atoms. The lowest BCUT2D eigenvalue weighted by Gasteiger charge is -2.47. The quantitative estimate of drug-likeness (QED) is 0.695. The molecular formula is C10H30O5Si5. The first-order valence-corrected chi connectivity index (χ1v) is 21.1. The van der Waals surface area contributed by atoms with E-state index in [1.165, 1.54) is 0 Å². The molecule has 1 rings (SSSR count). The van der Waals surface area contributed by atoms with Crippen LogP contribution in [-0.4, -0.2) is 42.8 Å². The maximum Gasteiger partial charge on any atom is 0.469 e. The lowest BCUT2D eigenvalue weighted by Crippen LogP contribution is -2.67. The van der Waals surface area contributed by atoms with E-state index < -0.39 is 42.8 Å². The van der Waals surface area contributed by atoms with E-state index in [4.69, 9.17) is 20.6 Å². The molecule has 0 aromatic carbocycles. The van der Waals surface area contributed by atoms with E-state index in [1.54, 1.807) is 0 Å². The van der Waals surface area contributed by atoms with Crippen molar-refractivity contribution >= 4 is 42.8 Å². The van der Waals surface area contributed by atoms with E-state index >= 15 is 0 Å². The van der Waals surface area contributed by atoms with Crippen LogP contribution in [0.25, 0.3) is 0 Å². The molecule has 0 spiro atoms. The van der Waals surface area contributed by atoms with Crippen LogP contribution >= 0.6 is 0 Å². The topological polar surface area (TPSA) is 46.2 Å². The van der Waals surface area contributed by atoms with Crippen LogP contribution in [0.5, 0.6) is 0 Å². The Kier molecular flexibility index (Phi) is 5.21. The molecule has 0 unspecified atom stereocenters. The van der Waals surface area contributed by atoms with E-state index in [-0.39, 0.29) is 0 Å². The summed E-state index contributed by atoms with van der Waals surface area (Å²) in [5, 5.41) is 0. The van der Waals surface area contributed by atoms with Gasteiger partial charge >= 0.3 is 34.5 Å². The van der Waals surface area contributed by atoms with Crippen LogP contribution in [-0.2, 0) is 20.6 Å². The molecule has 0 saturated carbocycles. The molecule has 0 amide bonds. The van der Waals surface area contributed by atoms with Crippen molar-refractivity contribution in [2.24, 2.45) is 0 Å². The second-order valence-electron chi connectivity index (χ2n) is 7.68. The van der Waals surface area contributed by atoms with Gasteiger partial charge < -0.3 is 20.6 Å². The summed E-state index contributed by atoms with van der Waals surface area (Å²) >= 11 is 0. The number of rotatable bonds is 2. The minimum atomic E-state index is -2.73. The molecule has 0 radical (unpaired) electrons. The molecule has 0 aromatic rings. The van der Waals surface area contributed by atoms with Crippen LogP contribution in [0.2, 0.25) is 65.5 Å². The Balaban J connectivity index is 3.09. The van der Waals surface area contributed by atoms with Crippen LogP contribution in [0.3, 0.4) is 0 Å². The Morgan fingerprint density at radius 1 is 0.600 bits per heavy atom. The van der Waals surface area contributed by atoms with E-state index in [1.807, 2.05) is 32.7 Å². The normalized spacial score (nSPS) is 28.5. The van der Waals surface area contributed by atoms with Gasteiger partial charge in [0.15, 0.2) is 8.32 Å². The van der Waals surface area contributed by atoms with Crippen LogP contribution in [0.4, 0.5) is 0 Å². The van der Waals surface area contributed by atoms with Crippen LogP contribution in [0, 0.1) is 0 Å². The molecule has 0 aliphatic carbocycles. The second kappa shape index (κ2) is 5.51. The van der Waals surface area contributed by atoms with Crippen molar-refractivity contribution in [2.75, 3.05) is 0 Å². The first kappa shape index (κ1) is 18.9. The molecule has 0 aromatic heterocycles. The summed E-state index contributed by atoms with van der Waals surface area (Å²) in [6.07, 6.45) is 0. The minimum Gasteiger partial charge on any atom is -0.417 e. The van der Waals surface area contributed by atoms with Gasteiger partial charge in [0.1, 0.15) is 0 Å². The van der Waals surface area contributed by atoms with Crippen molar-refractivity contribution in [3.63, 3.8) is 0 Å². The van der Waals surface area contributed by atoms with E-state index in [9.17, 15) is 0 Å². The Morgan fingerprint density at radius 2 is 0.900 bits per heavy atom. The maximum absolute atomic E-state index is 6.35. The molecule has 20 heavy (non-hydrogen) atoms. The molecule has 1 fully saturated rings. The molecule has 1 heterocycles. The number of hydrogen-bond donors (Lipinski definition) is 0. The van der Waals surface area contributed by atoms with Gasteiger partial charge in [0.2, 0.25) is 0 Å². The Hall–Kier alpha value is 0.884. The monoisotopic (exact) mass is 370 g/mol. The van der Waals surface area contributed by atoms with Gasteiger partial charge in [-0.25, -0.2) is 0 Å². The van der Waals surface area contributed by atoms with Crippen LogP contribution in [0.15, 0.2) is 0 Å². The highest BCUT2D eigenvalue weighted by Crippen LogP contribution is 2.32. The van der Waals surface area contributed by atoms with Crippen molar-refractivity contribution in [3.8, 4) is 0 Å². The molecule has 5 nitrogen and oxygen atoms in total. The Morgan fingerprint density at radius 3 is 1.20 bits per heavy atom. The summed E-state index contributed by atoms with van der Waals surface area (Å²) in [5.41, 5.74) is 0. The van der Waals surface area contributed by atoms with Crippen molar-refractivity contribution in [2.45, 2.75) is 65.5 Å². The Bertz CT molecular complexity index is 344. The fraction of sp³-hybridized carbons (Fsp3) is 1.00. The molecule has 0 atom stereocenters. The summed E-state index contributed by atoms with van der Waals surface area (Å²) in [4.78, 5) is 0. The van der Waals surface area contributed by atoms with Gasteiger partial charge in [-0.2, -0.15) is 0 Å². The maximum atomic E-state index is 6.35. The predicted octanol–water partition coefficient (Wildman–Crippen LogP) is 3.59. The zero-order chi connectivity index (χ0) is 16.0. The molecule has 1 aliphatic rings. The fourth-order valence-corrected chi connectivity index (χ4v) is 27.1. The van der Waals surface area contributed by atoms with Gasteiger partial charge in [0.05, 0.1) is 0 Å². The summed E-state index contributed by atoms with van der Waals surface area (Å²) in [5.74, 6) is 0. The third kappa shape index (κ3) is 6.33. The van der Waals surface area contributed by atoms with E-state index in [0.717, 1.165) is 0 Å². The van der Waals surface area contributed by atoms with Crippen molar-refractivity contribution in [3.05, 3.63) is 0 Å². The van der Waals surface area contributed by atoms with Gasteiger partial charge in [-0.1, -0.05) is 0 Å². The van der Waals surface area contributed by atoms with Crippen molar-refractivity contribution < 1.29 is 20.6 Å². The smallest absolute Gasteiger partial charge is 0.417 e. The first-order valence-electron chi connectivity index (χ1n) is 7.04. The molecule has 1 saturated heterocycles. The molecule has 120 valence electrons. The Labute approximate surface area is 129 Å². The zero-order valence-electron chi connectivity index (χ0n) is 14.5. The SMILES string of the molecule is C[Si](C)(C)O[Si]1(C)O[Si](C)(C)O[Si](C)(C)O[Si](C)(C)O1. The first-order chi connectivity index (χ1) is 8.54. The van der Waals surface area contributed by atoms with Gasteiger partial charge in [-0.15, -0.1) is 0 Å². The summed E-state index contributed by atoms with van der Waals surface area (Å²) in [6.45, 7) is 20.8. The van der Waals surface area contributed by atoms with Gasteiger partial charge in [-0.05, 0) is 58.9 Å². The van der Waals surface area contributed by atoms with Crippen molar-refractivity contribution in [1.29, 1.82) is 0 Å². The van der Waals surface area contributed by atoms with Crippen LogP contribution in [0.1, 0.15) is 0 Å². The zero-order valence-corrected chi connectivity index (χ0v) is 19.5. The largest absolute Gasteiger partial charge is 0.469 e. The lowest BCUT2D eigenvalue weighted by molar-refractivity contribution is 0.182. The lowest BCUT2D eigenvalue weighted by atomic mass is 11.8. The summed E-state index contributed by atoms with van der Waals surface area (Å²) < 4.78 is 31.5. The van der Waals surface area contributed by atoms with Gasteiger partial charge in [-0.3, -0.25) is 0 Å². The minimum absolute atomic E-state index is 1.76. The van der Waals surface area contributed by atoms with Crippen molar-refractivity contribution in [1.82, 2.24) is 0 Å².